The van der Waals surface area contributed by atoms with Gasteiger partial charge >= 0.3 is 0 Å². The van der Waals surface area contributed by atoms with Gasteiger partial charge in [0.05, 0.1) is 34.6 Å². The maximum atomic E-state index is 12.3. The summed E-state index contributed by atoms with van der Waals surface area (Å²) in [4.78, 5) is 0. The monoisotopic (exact) mass is 609 g/mol. The lowest BCUT2D eigenvalue weighted by atomic mass is 9.40. The fraction of sp³-hybridized carbons (Fsp3) is 0.650. The van der Waals surface area contributed by atoms with Crippen LogP contribution in [0.3, 0.4) is 0 Å². The van der Waals surface area contributed by atoms with Crippen molar-refractivity contribution in [1.29, 1.82) is 0 Å². The Bertz CT molecular complexity index is 1860. The summed E-state index contributed by atoms with van der Waals surface area (Å²) in [7, 11) is 0. The Labute approximate surface area is 268 Å². The number of hydrogen-bond donors (Lipinski definition) is 2. The summed E-state index contributed by atoms with van der Waals surface area (Å²) in [5.74, 6) is 1.24. The first-order valence-corrected chi connectivity index (χ1v) is 17.6. The van der Waals surface area contributed by atoms with E-state index in [1.807, 2.05) is 6.92 Å². The van der Waals surface area contributed by atoms with Gasteiger partial charge in [0, 0.05) is 40.0 Å². The van der Waals surface area contributed by atoms with Gasteiger partial charge in [0.1, 0.15) is 5.75 Å². The second kappa shape index (κ2) is 8.38. The molecule has 0 radical (unpaired) electrons. The molecule has 2 aromatic heterocycles. The van der Waals surface area contributed by atoms with Crippen molar-refractivity contribution in [3.8, 4) is 5.75 Å². The molecule has 5 heteroatoms. The molecule has 9 rings (SSSR count). The van der Waals surface area contributed by atoms with E-state index in [0.717, 1.165) is 64.7 Å². The molecule has 3 aromatic rings. The first-order chi connectivity index (χ1) is 21.1. The van der Waals surface area contributed by atoms with Crippen LogP contribution >= 0.6 is 0 Å². The molecular formula is C40H51NO4. The number of aromatic nitrogens is 1. The van der Waals surface area contributed by atoms with Gasteiger partial charge in [-0.15, -0.1) is 0 Å². The van der Waals surface area contributed by atoms with E-state index in [1.165, 1.54) is 42.3 Å². The minimum atomic E-state index is -0.761. The Balaban J connectivity index is 1.35. The van der Waals surface area contributed by atoms with E-state index in [2.05, 4.69) is 71.6 Å². The second-order valence-electron chi connectivity index (χ2n) is 17.7. The number of aliphatic hydroxyl groups excluding tert-OH is 1. The fourth-order valence-corrected chi connectivity index (χ4v) is 13.1. The van der Waals surface area contributed by atoms with Gasteiger partial charge in [-0.25, -0.2) is 0 Å². The highest BCUT2D eigenvalue weighted by molar-refractivity contribution is 6.11. The molecule has 0 amide bonds. The van der Waals surface area contributed by atoms with Crippen LogP contribution in [-0.4, -0.2) is 38.5 Å². The number of aromatic hydroxyl groups is 1. The Hall–Kier alpha value is -2.34. The van der Waals surface area contributed by atoms with Gasteiger partial charge in [-0.05, 0) is 137 Å². The number of fused-ring (bicyclic) bond motifs is 13. The molecule has 0 unspecified atom stereocenters. The SMILES string of the molecule is C=C(C)c1c(O)c2c3c(cc4c5c(n1c42)[C@@]1(C)[C@@H](CC[C@H]2[C@]4(C)CCCO[C@H]4CC[C@@]21C)C5)C1=CC(C)(C)OC(C)(C)[C@H]1[C@@H]3O. The molecule has 2 saturated carbocycles. The van der Waals surface area contributed by atoms with Gasteiger partial charge in [0.15, 0.2) is 0 Å². The lowest BCUT2D eigenvalue weighted by Crippen LogP contribution is -2.63. The number of rotatable bonds is 1. The fourth-order valence-electron chi connectivity index (χ4n) is 13.1. The van der Waals surface area contributed by atoms with Crippen molar-refractivity contribution in [2.75, 3.05) is 6.61 Å². The van der Waals surface area contributed by atoms with E-state index in [-0.39, 0.29) is 27.9 Å². The van der Waals surface area contributed by atoms with Crippen molar-refractivity contribution in [3.05, 3.63) is 46.8 Å². The van der Waals surface area contributed by atoms with Crippen molar-refractivity contribution in [2.45, 2.75) is 129 Å². The molecule has 1 aromatic carbocycles. The minimum absolute atomic E-state index is 0.0498. The first-order valence-electron chi connectivity index (χ1n) is 17.6. The highest BCUT2D eigenvalue weighted by Crippen LogP contribution is 2.72. The van der Waals surface area contributed by atoms with Crippen LogP contribution in [0.5, 0.6) is 5.75 Å². The molecule has 2 N–H and O–H groups in total. The Morgan fingerprint density at radius 3 is 2.53 bits per heavy atom. The smallest absolute Gasteiger partial charge is 0.149 e. The highest BCUT2D eigenvalue weighted by atomic mass is 16.5. The van der Waals surface area contributed by atoms with Crippen molar-refractivity contribution in [3.63, 3.8) is 0 Å². The molecule has 6 aliphatic rings. The van der Waals surface area contributed by atoms with Gasteiger partial charge in [-0.1, -0.05) is 27.4 Å². The van der Waals surface area contributed by atoms with E-state index in [1.54, 1.807) is 0 Å². The molecule has 4 heterocycles. The van der Waals surface area contributed by atoms with Crippen LogP contribution in [0.4, 0.5) is 0 Å². The highest BCUT2D eigenvalue weighted by Gasteiger charge is 2.68. The maximum absolute atomic E-state index is 12.3. The Morgan fingerprint density at radius 2 is 1.80 bits per heavy atom. The summed E-state index contributed by atoms with van der Waals surface area (Å²) in [5, 5.41) is 26.5. The van der Waals surface area contributed by atoms with Gasteiger partial charge in [-0.3, -0.25) is 0 Å². The second-order valence-corrected chi connectivity index (χ2v) is 17.7. The molecule has 4 aliphatic carbocycles. The summed E-state index contributed by atoms with van der Waals surface area (Å²) in [6, 6.07) is 2.39. The Kier molecular flexibility index (Phi) is 5.37. The van der Waals surface area contributed by atoms with Crippen molar-refractivity contribution < 1.29 is 19.7 Å². The summed E-state index contributed by atoms with van der Waals surface area (Å²) in [6.07, 6.45) is 10.1. The van der Waals surface area contributed by atoms with E-state index >= 15 is 0 Å². The molecule has 2 aliphatic heterocycles. The summed E-state index contributed by atoms with van der Waals surface area (Å²) in [5.41, 5.74) is 8.01. The van der Waals surface area contributed by atoms with Crippen LogP contribution in [0.25, 0.3) is 27.4 Å². The number of nitrogens with zero attached hydrogens (tertiary/aromatic N) is 1. The van der Waals surface area contributed by atoms with Crippen molar-refractivity contribution >= 4 is 27.4 Å². The number of aliphatic hydroxyl groups is 1. The third-order valence-electron chi connectivity index (χ3n) is 14.7. The van der Waals surface area contributed by atoms with Crippen molar-refractivity contribution in [2.24, 2.45) is 28.6 Å². The number of ether oxygens (including phenoxy) is 2. The standard InChI is InChI=1S/C40H51NO4/c1-20(2)31-34(43)29-28-22(25-19-36(3,4)45-37(5,6)30(25)33(28)42)18-23-24-17-21-11-12-26-38(7)14-10-16-44-27(38)13-15-39(26,8)40(21,9)35(24)41(31)32(23)29/h18-19,21,26-27,30,33,42-43H,1,10-17H2,2-9H3/t21-,26-,27-,30+,33+,38-,39-,40+/m0/s1. The van der Waals surface area contributed by atoms with E-state index < -0.39 is 17.3 Å². The zero-order valence-corrected chi connectivity index (χ0v) is 28.6. The normalized spacial score (nSPS) is 40.8. The average molecular weight is 610 g/mol. The molecule has 5 nitrogen and oxygen atoms in total. The van der Waals surface area contributed by atoms with E-state index in [9.17, 15) is 10.2 Å². The molecule has 0 bridgehead atoms. The average Bonchev–Trinajstić information content (AvgIpc) is 3.61. The van der Waals surface area contributed by atoms with Crippen LogP contribution in [0, 0.1) is 28.6 Å². The Morgan fingerprint density at radius 1 is 1.04 bits per heavy atom. The molecule has 8 atom stereocenters. The van der Waals surface area contributed by atoms with Crippen LogP contribution in [0.1, 0.15) is 128 Å². The van der Waals surface area contributed by atoms with Crippen LogP contribution < -0.4 is 0 Å². The molecule has 0 spiro atoms. The predicted molar refractivity (Wildman–Crippen MR) is 180 cm³/mol. The molecule has 1 saturated heterocycles. The number of allylic oxidation sites excluding steroid dienone is 1. The van der Waals surface area contributed by atoms with E-state index in [0.29, 0.717) is 17.9 Å². The lowest BCUT2D eigenvalue weighted by molar-refractivity contribution is -0.201. The number of hydrogen-bond acceptors (Lipinski definition) is 4. The van der Waals surface area contributed by atoms with Gasteiger partial charge in [0.2, 0.25) is 0 Å². The molecule has 3 fully saturated rings. The van der Waals surface area contributed by atoms with Crippen LogP contribution in [0.15, 0.2) is 18.7 Å². The van der Waals surface area contributed by atoms with Gasteiger partial charge in [0.25, 0.3) is 0 Å². The molecule has 45 heavy (non-hydrogen) atoms. The van der Waals surface area contributed by atoms with Gasteiger partial charge in [-0.2, -0.15) is 0 Å². The largest absolute Gasteiger partial charge is 0.505 e. The zero-order valence-electron chi connectivity index (χ0n) is 28.6. The predicted octanol–water partition coefficient (Wildman–Crippen LogP) is 8.73. The maximum Gasteiger partial charge on any atom is 0.149 e. The quantitative estimate of drug-likeness (QED) is 0.290. The molecule has 240 valence electrons. The number of benzene rings is 1. The third kappa shape index (κ3) is 3.13. The lowest BCUT2D eigenvalue weighted by Gasteiger charge is -2.66. The summed E-state index contributed by atoms with van der Waals surface area (Å²) < 4.78 is 15.5. The topological polar surface area (TPSA) is 63.3 Å². The zero-order chi connectivity index (χ0) is 31.8. The summed E-state index contributed by atoms with van der Waals surface area (Å²) in [6.45, 7) is 23.5. The van der Waals surface area contributed by atoms with Gasteiger partial charge < -0.3 is 24.1 Å². The molecular weight excluding hydrogens is 558 g/mol. The van der Waals surface area contributed by atoms with Crippen LogP contribution in [-0.2, 0) is 21.3 Å². The minimum Gasteiger partial charge on any atom is -0.505 e. The van der Waals surface area contributed by atoms with E-state index in [4.69, 9.17) is 9.47 Å². The summed E-state index contributed by atoms with van der Waals surface area (Å²) >= 11 is 0. The van der Waals surface area contributed by atoms with Crippen LogP contribution in [0.2, 0.25) is 0 Å². The first kappa shape index (κ1) is 28.8. The van der Waals surface area contributed by atoms with Crippen molar-refractivity contribution in [1.82, 2.24) is 4.40 Å². The third-order valence-corrected chi connectivity index (χ3v) is 14.7.